The van der Waals surface area contributed by atoms with E-state index in [0.29, 0.717) is 50.5 Å². The van der Waals surface area contributed by atoms with Crippen molar-refractivity contribution in [3.05, 3.63) is 41.5 Å². The number of rotatable bonds is 7. The molecule has 44 heavy (non-hydrogen) atoms. The molecule has 3 aliphatic rings. The van der Waals surface area contributed by atoms with Crippen LogP contribution in [-0.4, -0.2) is 74.7 Å². The standard InChI is InChI=1S/C31H30O13/c1-13-26(34)28(42-14(2)32)29(43-15(3)33)31(41-13)44-27-18-10-22(37-5)21(36-4)9-17(18)24(25-19(27)11-38-30(25)35)16-6-7-20-23(8-16)40-12-39-20/h6-10,13,26,28-29,31,34H,11-12H2,1-5H3/t13-,26-,28+,29-,31?/m1/s1. The number of ether oxygens (including phenoxy) is 9. The van der Waals surface area contributed by atoms with Crippen LogP contribution in [0.15, 0.2) is 30.3 Å². The molecule has 0 saturated carbocycles. The van der Waals surface area contributed by atoms with E-state index in [0.717, 1.165) is 0 Å². The first-order chi connectivity index (χ1) is 21.1. The predicted molar refractivity (Wildman–Crippen MR) is 150 cm³/mol. The van der Waals surface area contributed by atoms with Gasteiger partial charge in [-0.25, -0.2) is 4.79 Å². The number of aliphatic hydroxyl groups is 1. The molecule has 0 bridgehead atoms. The summed E-state index contributed by atoms with van der Waals surface area (Å²) in [6, 6.07) is 8.73. The highest BCUT2D eigenvalue weighted by molar-refractivity contribution is 6.14. The van der Waals surface area contributed by atoms with Gasteiger partial charge in [0.25, 0.3) is 0 Å². The smallest absolute Gasteiger partial charge is 0.339 e. The van der Waals surface area contributed by atoms with Gasteiger partial charge in [0, 0.05) is 30.4 Å². The van der Waals surface area contributed by atoms with E-state index in [4.69, 9.17) is 42.6 Å². The lowest BCUT2D eigenvalue weighted by molar-refractivity contribution is -0.277. The van der Waals surface area contributed by atoms with Crippen molar-refractivity contribution in [1.29, 1.82) is 0 Å². The molecular formula is C31H30O13. The third kappa shape index (κ3) is 4.97. The van der Waals surface area contributed by atoms with Crippen molar-refractivity contribution in [3.63, 3.8) is 0 Å². The van der Waals surface area contributed by atoms with Crippen molar-refractivity contribution in [2.24, 2.45) is 0 Å². The molecule has 0 radical (unpaired) electrons. The van der Waals surface area contributed by atoms with Crippen molar-refractivity contribution in [1.82, 2.24) is 0 Å². The summed E-state index contributed by atoms with van der Waals surface area (Å²) >= 11 is 0. The summed E-state index contributed by atoms with van der Waals surface area (Å²) in [6.07, 6.45) is -6.25. The Labute approximate surface area is 251 Å². The lowest BCUT2D eigenvalue weighted by Gasteiger charge is -2.42. The topological polar surface area (TPSA) is 155 Å². The molecule has 3 aromatic rings. The van der Waals surface area contributed by atoms with Crippen LogP contribution in [0.3, 0.4) is 0 Å². The second-order valence-corrected chi connectivity index (χ2v) is 10.4. The Kier molecular flexibility index (Phi) is 7.59. The third-order valence-electron chi connectivity index (χ3n) is 7.67. The van der Waals surface area contributed by atoms with Gasteiger partial charge < -0.3 is 47.7 Å². The lowest BCUT2D eigenvalue weighted by atomic mass is 9.89. The normalized spacial score (nSPS) is 23.5. The molecule has 232 valence electrons. The van der Waals surface area contributed by atoms with Gasteiger partial charge in [-0.05, 0) is 42.1 Å². The average molecular weight is 611 g/mol. The van der Waals surface area contributed by atoms with Crippen LogP contribution in [0.2, 0.25) is 0 Å². The summed E-state index contributed by atoms with van der Waals surface area (Å²) in [5.74, 6) is 0.0163. The third-order valence-corrected chi connectivity index (χ3v) is 7.67. The molecular weight excluding hydrogens is 580 g/mol. The van der Waals surface area contributed by atoms with Gasteiger partial charge in [0.1, 0.15) is 18.5 Å². The molecule has 3 heterocycles. The molecule has 0 spiro atoms. The number of carbonyl (C=O) groups is 3. The molecule has 0 aliphatic carbocycles. The zero-order valence-electron chi connectivity index (χ0n) is 24.5. The van der Waals surface area contributed by atoms with E-state index >= 15 is 0 Å². The van der Waals surface area contributed by atoms with Crippen LogP contribution in [0, 0.1) is 0 Å². The van der Waals surface area contributed by atoms with E-state index in [1.165, 1.54) is 28.1 Å². The van der Waals surface area contributed by atoms with Crippen LogP contribution in [-0.2, 0) is 35.1 Å². The number of fused-ring (bicyclic) bond motifs is 3. The van der Waals surface area contributed by atoms with Crippen LogP contribution < -0.4 is 23.7 Å². The SMILES string of the molecule is COc1cc2c(OC3O[C@H](C)[C@@H](O)[C@H](OC(C)=O)[C@H]3OC(C)=O)c3c(c(-c4ccc5c(c4)OCO5)c2cc1OC)C(=O)OC3. The molecule has 0 aromatic heterocycles. The van der Waals surface area contributed by atoms with Crippen molar-refractivity contribution in [3.8, 4) is 39.9 Å². The maximum absolute atomic E-state index is 13.4. The van der Waals surface area contributed by atoms with Gasteiger partial charge in [-0.3, -0.25) is 9.59 Å². The van der Waals surface area contributed by atoms with E-state index in [1.54, 1.807) is 37.3 Å². The molecule has 3 aromatic carbocycles. The zero-order valence-corrected chi connectivity index (χ0v) is 24.5. The number of methoxy groups -OCH3 is 2. The lowest BCUT2D eigenvalue weighted by Crippen LogP contribution is -2.61. The summed E-state index contributed by atoms with van der Waals surface area (Å²) in [6.45, 7) is 3.84. The van der Waals surface area contributed by atoms with Gasteiger partial charge in [-0.15, -0.1) is 0 Å². The molecule has 1 N–H and O–H groups in total. The number of aliphatic hydroxyl groups excluding tert-OH is 1. The Bertz CT molecular complexity index is 1660. The van der Waals surface area contributed by atoms with Gasteiger partial charge in [-0.2, -0.15) is 0 Å². The Morgan fingerprint density at radius 3 is 2.20 bits per heavy atom. The monoisotopic (exact) mass is 610 g/mol. The van der Waals surface area contributed by atoms with Crippen LogP contribution in [0.5, 0.6) is 28.7 Å². The van der Waals surface area contributed by atoms with Gasteiger partial charge in [0.05, 0.1) is 25.9 Å². The van der Waals surface area contributed by atoms with Crippen molar-refractivity contribution < 1.29 is 62.1 Å². The summed E-state index contributed by atoms with van der Waals surface area (Å²) in [4.78, 5) is 37.4. The average Bonchev–Trinajstić information content (AvgIpc) is 3.62. The summed E-state index contributed by atoms with van der Waals surface area (Å²) < 4.78 is 51.1. The highest BCUT2D eigenvalue weighted by atomic mass is 16.7. The van der Waals surface area contributed by atoms with Gasteiger partial charge in [-0.1, -0.05) is 6.07 Å². The van der Waals surface area contributed by atoms with Crippen molar-refractivity contribution >= 4 is 28.7 Å². The first-order valence-electron chi connectivity index (χ1n) is 13.8. The minimum atomic E-state index is -1.37. The van der Waals surface area contributed by atoms with Crippen LogP contribution >= 0.6 is 0 Å². The Balaban J connectivity index is 1.58. The number of esters is 3. The van der Waals surface area contributed by atoms with Crippen LogP contribution in [0.4, 0.5) is 0 Å². The highest BCUT2D eigenvalue weighted by Gasteiger charge is 2.50. The summed E-state index contributed by atoms with van der Waals surface area (Å²) in [7, 11) is 2.97. The van der Waals surface area contributed by atoms with Gasteiger partial charge in [0.2, 0.25) is 19.2 Å². The van der Waals surface area contributed by atoms with Crippen LogP contribution in [0.1, 0.15) is 36.7 Å². The predicted octanol–water partition coefficient (Wildman–Crippen LogP) is 3.27. The molecule has 3 aliphatic heterocycles. The number of hydrogen-bond donors (Lipinski definition) is 1. The van der Waals surface area contributed by atoms with E-state index < -0.39 is 48.6 Å². The van der Waals surface area contributed by atoms with Crippen molar-refractivity contribution in [2.45, 2.75) is 58.1 Å². The maximum atomic E-state index is 13.4. The fraction of sp³-hybridized carbons (Fsp3) is 0.387. The fourth-order valence-corrected chi connectivity index (χ4v) is 5.73. The molecule has 5 atom stereocenters. The van der Waals surface area contributed by atoms with Crippen molar-refractivity contribution in [2.75, 3.05) is 21.0 Å². The second kappa shape index (κ2) is 11.4. The molecule has 1 fully saturated rings. The molecule has 1 saturated heterocycles. The molecule has 13 nitrogen and oxygen atoms in total. The molecule has 0 amide bonds. The van der Waals surface area contributed by atoms with E-state index in [1.807, 2.05) is 0 Å². The number of benzene rings is 3. The Morgan fingerprint density at radius 2 is 1.52 bits per heavy atom. The summed E-state index contributed by atoms with van der Waals surface area (Å²) in [5.41, 5.74) is 1.82. The largest absolute Gasteiger partial charge is 0.493 e. The van der Waals surface area contributed by atoms with Gasteiger partial charge in [0.15, 0.2) is 29.1 Å². The van der Waals surface area contributed by atoms with E-state index in [-0.39, 0.29) is 24.7 Å². The molecule has 1 unspecified atom stereocenters. The van der Waals surface area contributed by atoms with E-state index in [2.05, 4.69) is 0 Å². The van der Waals surface area contributed by atoms with Crippen LogP contribution in [0.25, 0.3) is 21.9 Å². The Morgan fingerprint density at radius 1 is 0.864 bits per heavy atom. The zero-order chi connectivity index (χ0) is 31.3. The summed E-state index contributed by atoms with van der Waals surface area (Å²) in [5, 5.41) is 11.8. The fourth-order valence-electron chi connectivity index (χ4n) is 5.73. The first kappa shape index (κ1) is 29.3. The second-order valence-electron chi connectivity index (χ2n) is 10.4. The number of carbonyl (C=O) groups excluding carboxylic acids is 3. The highest BCUT2D eigenvalue weighted by Crippen LogP contribution is 2.50. The number of cyclic esters (lactones) is 1. The minimum absolute atomic E-state index is 0.0732. The van der Waals surface area contributed by atoms with E-state index in [9.17, 15) is 19.5 Å². The molecule has 13 heteroatoms. The maximum Gasteiger partial charge on any atom is 0.339 e. The van der Waals surface area contributed by atoms with Gasteiger partial charge >= 0.3 is 17.9 Å². The minimum Gasteiger partial charge on any atom is -0.493 e. The Hall–Kier alpha value is -4.75. The molecule has 6 rings (SSSR count). The quantitative estimate of drug-likeness (QED) is 0.308. The first-order valence-corrected chi connectivity index (χ1v) is 13.8. The number of hydrogen-bond acceptors (Lipinski definition) is 13.